The van der Waals surface area contributed by atoms with E-state index < -0.39 is 0 Å². The van der Waals surface area contributed by atoms with E-state index in [1.165, 1.54) is 0 Å². The molecule has 7 heteroatoms. The Balaban J connectivity index is 1.70. The normalized spacial score (nSPS) is 10.7. The van der Waals surface area contributed by atoms with Crippen LogP contribution in [0.4, 0.5) is 0 Å². The van der Waals surface area contributed by atoms with Crippen LogP contribution in [0.5, 0.6) is 5.75 Å². The average molecular weight is 372 g/mol. The summed E-state index contributed by atoms with van der Waals surface area (Å²) >= 11 is 10.9. The number of rotatable bonds is 4. The Bertz CT molecular complexity index is 715. The van der Waals surface area contributed by atoms with Gasteiger partial charge in [0.25, 0.3) is 11.8 Å². The summed E-state index contributed by atoms with van der Waals surface area (Å²) in [6.45, 7) is 0.180. The third-order valence-electron chi connectivity index (χ3n) is 2.44. The van der Waals surface area contributed by atoms with Gasteiger partial charge in [-0.1, -0.05) is 33.6 Å². The lowest BCUT2D eigenvalue weighted by atomic mass is 10.3. The van der Waals surface area contributed by atoms with Gasteiger partial charge in [0.15, 0.2) is 6.61 Å². The van der Waals surface area contributed by atoms with E-state index in [1.807, 2.05) is 23.6 Å². The molecule has 0 aliphatic carbocycles. The van der Waals surface area contributed by atoms with Crippen LogP contribution >= 0.6 is 38.9 Å². The van der Waals surface area contributed by atoms with Crippen LogP contribution in [-0.2, 0) is 6.61 Å². The zero-order valence-corrected chi connectivity index (χ0v) is 13.2. The van der Waals surface area contributed by atoms with Crippen molar-refractivity contribution in [2.24, 2.45) is 0 Å². The summed E-state index contributed by atoms with van der Waals surface area (Å²) in [5.74, 6) is 1.48. The first kappa shape index (κ1) is 13.6. The van der Waals surface area contributed by atoms with Gasteiger partial charge in [-0.3, -0.25) is 0 Å². The van der Waals surface area contributed by atoms with Gasteiger partial charge in [-0.2, -0.15) is 0 Å². The molecule has 0 aliphatic rings. The van der Waals surface area contributed by atoms with Gasteiger partial charge in [0, 0.05) is 4.47 Å². The van der Waals surface area contributed by atoms with Crippen molar-refractivity contribution in [1.29, 1.82) is 0 Å². The predicted octanol–water partition coefficient (Wildman–Crippen LogP) is 4.79. The minimum Gasteiger partial charge on any atom is -0.482 e. The lowest BCUT2D eigenvalue weighted by Crippen LogP contribution is -1.96. The molecule has 0 unspecified atom stereocenters. The van der Waals surface area contributed by atoms with Crippen LogP contribution in [-0.4, -0.2) is 10.2 Å². The summed E-state index contributed by atoms with van der Waals surface area (Å²) in [5.41, 5.74) is 0. The Morgan fingerprint density at radius 1 is 1.30 bits per heavy atom. The largest absolute Gasteiger partial charge is 0.482 e. The molecule has 0 aliphatic heterocycles. The standard InChI is InChI=1S/C13H8BrClN2O2S/c14-8-3-4-10(9(15)6-8)18-7-12-16-17-13(19-12)11-2-1-5-20-11/h1-6H,7H2. The van der Waals surface area contributed by atoms with Crippen LogP contribution < -0.4 is 4.74 Å². The number of hydrogen-bond acceptors (Lipinski definition) is 5. The molecule has 20 heavy (non-hydrogen) atoms. The number of benzene rings is 1. The number of hydrogen-bond donors (Lipinski definition) is 0. The lowest BCUT2D eigenvalue weighted by Gasteiger charge is -2.05. The van der Waals surface area contributed by atoms with Crippen LogP contribution in [0.15, 0.2) is 44.6 Å². The third kappa shape index (κ3) is 3.03. The first-order chi connectivity index (χ1) is 9.72. The summed E-state index contributed by atoms with van der Waals surface area (Å²) in [5, 5.41) is 10.4. The Labute approximate surface area is 132 Å². The number of aromatic nitrogens is 2. The molecule has 2 heterocycles. The molecule has 0 saturated heterocycles. The number of ether oxygens (including phenoxy) is 1. The molecule has 4 nitrogen and oxygen atoms in total. The highest BCUT2D eigenvalue weighted by Crippen LogP contribution is 2.29. The van der Waals surface area contributed by atoms with Crippen LogP contribution in [0.1, 0.15) is 5.89 Å². The van der Waals surface area contributed by atoms with Crippen molar-refractivity contribution in [1.82, 2.24) is 10.2 Å². The molecule has 1 aromatic carbocycles. The fourth-order valence-corrected chi connectivity index (χ4v) is 2.92. The highest BCUT2D eigenvalue weighted by Gasteiger charge is 2.10. The molecule has 3 aromatic rings. The van der Waals surface area contributed by atoms with Crippen molar-refractivity contribution in [3.8, 4) is 16.5 Å². The Kier molecular flexibility index (Phi) is 4.05. The molecule has 0 amide bonds. The second-order valence-electron chi connectivity index (χ2n) is 3.84. The third-order valence-corrected chi connectivity index (χ3v) is 4.09. The molecule has 0 fully saturated rings. The van der Waals surface area contributed by atoms with Gasteiger partial charge in [0.2, 0.25) is 0 Å². The molecule has 0 atom stereocenters. The van der Waals surface area contributed by atoms with E-state index in [0.717, 1.165) is 9.35 Å². The summed E-state index contributed by atoms with van der Waals surface area (Å²) < 4.78 is 12.0. The van der Waals surface area contributed by atoms with E-state index in [0.29, 0.717) is 22.6 Å². The zero-order chi connectivity index (χ0) is 13.9. The summed E-state index contributed by atoms with van der Waals surface area (Å²) in [4.78, 5) is 0.936. The highest BCUT2D eigenvalue weighted by atomic mass is 79.9. The van der Waals surface area contributed by atoms with E-state index >= 15 is 0 Å². The van der Waals surface area contributed by atoms with E-state index in [9.17, 15) is 0 Å². The molecular formula is C13H8BrClN2O2S. The summed E-state index contributed by atoms with van der Waals surface area (Å²) in [6, 6.07) is 9.26. The quantitative estimate of drug-likeness (QED) is 0.661. The van der Waals surface area contributed by atoms with Crippen LogP contribution in [0.3, 0.4) is 0 Å². The SMILES string of the molecule is Clc1cc(Br)ccc1OCc1nnc(-c2cccs2)o1. The Morgan fingerprint density at radius 3 is 2.95 bits per heavy atom. The number of nitrogens with zero attached hydrogens (tertiary/aromatic N) is 2. The van der Waals surface area contributed by atoms with Crippen LogP contribution in [0.25, 0.3) is 10.8 Å². The monoisotopic (exact) mass is 370 g/mol. The van der Waals surface area contributed by atoms with E-state index in [-0.39, 0.29) is 6.61 Å². The zero-order valence-electron chi connectivity index (χ0n) is 10.0. The van der Waals surface area contributed by atoms with E-state index in [2.05, 4.69) is 26.1 Å². The van der Waals surface area contributed by atoms with Crippen LogP contribution in [0, 0.1) is 0 Å². The van der Waals surface area contributed by atoms with Crippen molar-refractivity contribution in [3.05, 3.63) is 51.1 Å². The molecule has 2 aromatic heterocycles. The van der Waals surface area contributed by atoms with Crippen LogP contribution in [0.2, 0.25) is 5.02 Å². The summed E-state index contributed by atoms with van der Waals surface area (Å²) in [7, 11) is 0. The molecule has 102 valence electrons. The maximum Gasteiger partial charge on any atom is 0.257 e. The molecule has 3 rings (SSSR count). The fourth-order valence-electron chi connectivity index (χ4n) is 1.54. The fraction of sp³-hybridized carbons (Fsp3) is 0.0769. The number of halogens is 2. The van der Waals surface area contributed by atoms with Crippen molar-refractivity contribution < 1.29 is 9.15 Å². The van der Waals surface area contributed by atoms with Gasteiger partial charge in [-0.15, -0.1) is 21.5 Å². The van der Waals surface area contributed by atoms with Crippen molar-refractivity contribution in [3.63, 3.8) is 0 Å². The Morgan fingerprint density at radius 2 is 2.20 bits per heavy atom. The van der Waals surface area contributed by atoms with Gasteiger partial charge < -0.3 is 9.15 Å². The average Bonchev–Trinajstić information content (AvgIpc) is 3.08. The van der Waals surface area contributed by atoms with Gasteiger partial charge in [0.05, 0.1) is 9.90 Å². The molecule has 0 bridgehead atoms. The van der Waals surface area contributed by atoms with E-state index in [4.69, 9.17) is 20.8 Å². The van der Waals surface area contributed by atoms with Crippen molar-refractivity contribution in [2.75, 3.05) is 0 Å². The molecular weight excluding hydrogens is 364 g/mol. The lowest BCUT2D eigenvalue weighted by molar-refractivity contribution is 0.264. The maximum absolute atomic E-state index is 6.06. The topological polar surface area (TPSA) is 48.2 Å². The molecule has 0 radical (unpaired) electrons. The second-order valence-corrected chi connectivity index (χ2v) is 6.11. The second kappa shape index (κ2) is 5.95. The first-order valence-corrected chi connectivity index (χ1v) is 7.71. The molecule has 0 N–H and O–H groups in total. The summed E-state index contributed by atoms with van der Waals surface area (Å²) in [6.07, 6.45) is 0. The minimum absolute atomic E-state index is 0.180. The minimum atomic E-state index is 0.180. The Hall–Kier alpha value is -1.37. The maximum atomic E-state index is 6.06. The van der Waals surface area contributed by atoms with Gasteiger partial charge in [-0.25, -0.2) is 0 Å². The van der Waals surface area contributed by atoms with Gasteiger partial charge >= 0.3 is 0 Å². The smallest absolute Gasteiger partial charge is 0.257 e. The van der Waals surface area contributed by atoms with Crippen molar-refractivity contribution >= 4 is 38.9 Å². The molecule has 0 spiro atoms. The predicted molar refractivity (Wildman–Crippen MR) is 81.1 cm³/mol. The van der Waals surface area contributed by atoms with Gasteiger partial charge in [0.1, 0.15) is 5.75 Å². The van der Waals surface area contributed by atoms with Crippen molar-refractivity contribution in [2.45, 2.75) is 6.61 Å². The first-order valence-electron chi connectivity index (χ1n) is 5.66. The van der Waals surface area contributed by atoms with Gasteiger partial charge in [-0.05, 0) is 29.6 Å². The highest BCUT2D eigenvalue weighted by molar-refractivity contribution is 9.10. The van der Waals surface area contributed by atoms with E-state index in [1.54, 1.807) is 23.5 Å². The molecule has 0 saturated carbocycles. The number of thiophene rings is 1.